The Morgan fingerprint density at radius 1 is 1.15 bits per heavy atom. The fraction of sp³-hybridized carbons (Fsp3) is 0.550. The van der Waals surface area contributed by atoms with Crippen molar-refractivity contribution < 1.29 is 19.1 Å². The van der Waals surface area contributed by atoms with Gasteiger partial charge in [-0.25, -0.2) is 0 Å². The molecule has 148 valence electrons. The Bertz CT molecular complexity index is 650. The van der Waals surface area contributed by atoms with Gasteiger partial charge in [0.1, 0.15) is 6.61 Å². The lowest BCUT2D eigenvalue weighted by Crippen LogP contribution is -2.42. The van der Waals surface area contributed by atoms with Gasteiger partial charge in [0, 0.05) is 42.9 Å². The Morgan fingerprint density at radius 3 is 2.33 bits per heavy atom. The largest absolute Gasteiger partial charge is 0.372 e. The smallest absolute Gasteiger partial charge is 0.251 e. The highest BCUT2D eigenvalue weighted by atomic mass is 16.5. The van der Waals surface area contributed by atoms with Crippen LogP contribution in [-0.4, -0.2) is 55.0 Å². The zero-order valence-corrected chi connectivity index (χ0v) is 16.3. The van der Waals surface area contributed by atoms with Crippen molar-refractivity contribution >= 4 is 23.4 Å². The molecule has 1 heterocycles. The van der Waals surface area contributed by atoms with E-state index in [1.54, 1.807) is 29.2 Å². The van der Waals surface area contributed by atoms with Crippen molar-refractivity contribution in [2.45, 2.75) is 39.7 Å². The number of amides is 3. The van der Waals surface area contributed by atoms with E-state index in [-0.39, 0.29) is 36.3 Å². The van der Waals surface area contributed by atoms with Crippen LogP contribution < -0.4 is 10.6 Å². The van der Waals surface area contributed by atoms with E-state index in [9.17, 15) is 14.4 Å². The van der Waals surface area contributed by atoms with Crippen molar-refractivity contribution in [3.05, 3.63) is 29.8 Å². The fourth-order valence-electron chi connectivity index (χ4n) is 2.97. The second kappa shape index (κ2) is 10.1. The maximum absolute atomic E-state index is 12.5. The first-order chi connectivity index (χ1) is 12.9. The molecule has 0 radical (unpaired) electrons. The molecule has 1 aliphatic heterocycles. The number of piperidine rings is 1. The average Bonchev–Trinajstić information content (AvgIpc) is 2.66. The molecule has 1 fully saturated rings. The first-order valence-electron chi connectivity index (χ1n) is 9.48. The molecule has 0 unspecified atom stereocenters. The molecule has 7 nitrogen and oxygen atoms in total. The molecule has 1 aromatic carbocycles. The van der Waals surface area contributed by atoms with Crippen LogP contribution in [0.25, 0.3) is 0 Å². The number of nitrogens with zero attached hydrogens (tertiary/aromatic N) is 1. The van der Waals surface area contributed by atoms with Gasteiger partial charge >= 0.3 is 0 Å². The third-order valence-electron chi connectivity index (χ3n) is 4.48. The number of rotatable bonds is 7. The molecule has 0 bridgehead atoms. The van der Waals surface area contributed by atoms with E-state index in [0.29, 0.717) is 43.8 Å². The molecule has 0 saturated carbocycles. The summed E-state index contributed by atoms with van der Waals surface area (Å²) in [5, 5.41) is 5.73. The lowest BCUT2D eigenvalue weighted by atomic mass is 9.95. The number of carbonyl (C=O) groups is 3. The second-order valence-corrected chi connectivity index (χ2v) is 6.99. The topological polar surface area (TPSA) is 87.7 Å². The van der Waals surface area contributed by atoms with Crippen LogP contribution in [0.5, 0.6) is 0 Å². The summed E-state index contributed by atoms with van der Waals surface area (Å²) < 4.78 is 5.15. The Hall–Kier alpha value is -2.41. The molecule has 0 spiro atoms. The molecule has 2 rings (SSSR count). The Labute approximate surface area is 160 Å². The first-order valence-corrected chi connectivity index (χ1v) is 9.48. The van der Waals surface area contributed by atoms with E-state index in [1.807, 2.05) is 20.8 Å². The molecule has 27 heavy (non-hydrogen) atoms. The van der Waals surface area contributed by atoms with Gasteiger partial charge in [0.15, 0.2) is 0 Å². The van der Waals surface area contributed by atoms with Crippen molar-refractivity contribution in [2.24, 2.45) is 5.92 Å². The molecule has 0 aliphatic carbocycles. The van der Waals surface area contributed by atoms with Crippen LogP contribution in [0.1, 0.15) is 44.0 Å². The number of benzene rings is 1. The number of carbonyl (C=O) groups excluding carboxylic acids is 3. The summed E-state index contributed by atoms with van der Waals surface area (Å²) in [6, 6.07) is 6.93. The van der Waals surface area contributed by atoms with Crippen molar-refractivity contribution in [2.75, 3.05) is 31.6 Å². The zero-order valence-electron chi connectivity index (χ0n) is 16.3. The van der Waals surface area contributed by atoms with E-state index in [1.165, 1.54) is 0 Å². The molecule has 1 saturated heterocycles. The number of ether oxygens (including phenoxy) is 1. The fourth-order valence-corrected chi connectivity index (χ4v) is 2.97. The van der Waals surface area contributed by atoms with Gasteiger partial charge in [-0.15, -0.1) is 0 Å². The predicted octanol–water partition coefficient (Wildman–Crippen LogP) is 2.04. The second-order valence-electron chi connectivity index (χ2n) is 6.99. The van der Waals surface area contributed by atoms with Crippen LogP contribution in [0.3, 0.4) is 0 Å². The van der Waals surface area contributed by atoms with Gasteiger partial charge in [0.2, 0.25) is 11.8 Å². The molecular formula is C20H29N3O4. The van der Waals surface area contributed by atoms with Crippen LogP contribution >= 0.6 is 0 Å². The van der Waals surface area contributed by atoms with Crippen LogP contribution in [0.15, 0.2) is 24.3 Å². The Kier molecular flexibility index (Phi) is 7.79. The highest BCUT2D eigenvalue weighted by Gasteiger charge is 2.27. The van der Waals surface area contributed by atoms with Crippen molar-refractivity contribution in [1.29, 1.82) is 0 Å². The van der Waals surface area contributed by atoms with Crippen LogP contribution in [0, 0.1) is 5.92 Å². The monoisotopic (exact) mass is 375 g/mol. The summed E-state index contributed by atoms with van der Waals surface area (Å²) >= 11 is 0. The lowest BCUT2D eigenvalue weighted by Gasteiger charge is -2.31. The van der Waals surface area contributed by atoms with E-state index in [0.717, 1.165) is 0 Å². The minimum atomic E-state index is -0.132. The van der Waals surface area contributed by atoms with Gasteiger partial charge in [0.25, 0.3) is 5.91 Å². The normalized spacial score (nSPS) is 14.9. The van der Waals surface area contributed by atoms with E-state index < -0.39 is 0 Å². The third-order valence-corrected chi connectivity index (χ3v) is 4.48. The molecule has 1 aliphatic rings. The average molecular weight is 375 g/mol. The van der Waals surface area contributed by atoms with Gasteiger partial charge in [0.05, 0.1) is 0 Å². The van der Waals surface area contributed by atoms with Crippen molar-refractivity contribution in [1.82, 2.24) is 10.2 Å². The zero-order chi connectivity index (χ0) is 19.8. The van der Waals surface area contributed by atoms with E-state index in [2.05, 4.69) is 10.6 Å². The third kappa shape index (κ3) is 6.36. The van der Waals surface area contributed by atoms with E-state index >= 15 is 0 Å². The number of nitrogens with one attached hydrogen (secondary N) is 2. The van der Waals surface area contributed by atoms with Gasteiger partial charge in [-0.3, -0.25) is 14.4 Å². The molecule has 3 amide bonds. The maximum atomic E-state index is 12.5. The van der Waals surface area contributed by atoms with Crippen LogP contribution in [-0.2, 0) is 14.3 Å². The number of likely N-dealkylation sites (tertiary alicyclic amines) is 1. The molecular weight excluding hydrogens is 346 g/mol. The molecule has 0 atom stereocenters. The quantitative estimate of drug-likeness (QED) is 0.763. The minimum absolute atomic E-state index is 0.0222. The predicted molar refractivity (Wildman–Crippen MR) is 103 cm³/mol. The molecule has 0 aromatic heterocycles. The number of hydrogen-bond donors (Lipinski definition) is 2. The molecule has 1 aromatic rings. The SMILES string of the molecule is CCOCC(=O)N1CCC(C(=O)Nc2ccc(C(=O)NC(C)C)cc2)CC1. The van der Waals surface area contributed by atoms with E-state index in [4.69, 9.17) is 4.74 Å². The van der Waals surface area contributed by atoms with Crippen molar-refractivity contribution in [3.63, 3.8) is 0 Å². The van der Waals surface area contributed by atoms with Gasteiger partial charge in [-0.1, -0.05) is 0 Å². The van der Waals surface area contributed by atoms with Crippen molar-refractivity contribution in [3.8, 4) is 0 Å². The lowest BCUT2D eigenvalue weighted by molar-refractivity contribution is -0.138. The van der Waals surface area contributed by atoms with Crippen LogP contribution in [0.2, 0.25) is 0 Å². The Balaban J connectivity index is 1.82. The van der Waals surface area contributed by atoms with Gasteiger partial charge in [-0.05, 0) is 57.9 Å². The summed E-state index contributed by atoms with van der Waals surface area (Å²) in [4.78, 5) is 38.1. The molecule has 7 heteroatoms. The number of anilines is 1. The Morgan fingerprint density at radius 2 is 1.78 bits per heavy atom. The van der Waals surface area contributed by atoms with Gasteiger partial charge < -0.3 is 20.3 Å². The highest BCUT2D eigenvalue weighted by molar-refractivity contribution is 5.96. The summed E-state index contributed by atoms with van der Waals surface area (Å²) in [5.41, 5.74) is 1.22. The van der Waals surface area contributed by atoms with Gasteiger partial charge in [-0.2, -0.15) is 0 Å². The summed E-state index contributed by atoms with van der Waals surface area (Å²) in [6.45, 7) is 7.42. The van der Waals surface area contributed by atoms with Crippen LogP contribution in [0.4, 0.5) is 5.69 Å². The summed E-state index contributed by atoms with van der Waals surface area (Å²) in [6.07, 6.45) is 1.27. The standard InChI is InChI=1S/C20H29N3O4/c1-4-27-13-18(24)23-11-9-16(10-12-23)20(26)22-17-7-5-15(6-8-17)19(25)21-14(2)3/h5-8,14,16H,4,9-13H2,1-3H3,(H,21,25)(H,22,26). The minimum Gasteiger partial charge on any atom is -0.372 e. The highest BCUT2D eigenvalue weighted by Crippen LogP contribution is 2.20. The maximum Gasteiger partial charge on any atom is 0.251 e. The number of hydrogen-bond acceptors (Lipinski definition) is 4. The summed E-state index contributed by atoms with van der Waals surface area (Å²) in [5.74, 6) is -0.325. The first kappa shape index (κ1) is 20.9. The summed E-state index contributed by atoms with van der Waals surface area (Å²) in [7, 11) is 0. The molecule has 2 N–H and O–H groups in total.